The number of sulfonamides is 1. The summed E-state index contributed by atoms with van der Waals surface area (Å²) in [6, 6.07) is 21.0. The second-order valence-corrected chi connectivity index (χ2v) is 9.57. The Morgan fingerprint density at radius 2 is 1.61 bits per heavy atom. The zero-order valence-electron chi connectivity index (χ0n) is 18.3. The number of benzene rings is 3. The van der Waals surface area contributed by atoms with Crippen LogP contribution in [-0.4, -0.2) is 21.4 Å². The highest BCUT2D eigenvalue weighted by Gasteiger charge is 2.26. The maximum absolute atomic E-state index is 13.2. The number of nitrogens with one attached hydrogen (secondary N) is 1. The lowest BCUT2D eigenvalue weighted by molar-refractivity contribution is 0.0936. The first-order valence-electron chi connectivity index (χ1n) is 10.3. The largest absolute Gasteiger partial charge is 0.345 e. The summed E-state index contributed by atoms with van der Waals surface area (Å²) in [4.78, 5) is 13.4. The maximum Gasteiger partial charge on any atom is 0.264 e. The minimum Gasteiger partial charge on any atom is -0.345 e. The Morgan fingerprint density at radius 3 is 2.26 bits per heavy atom. The Bertz CT molecular complexity index is 1170. The monoisotopic (exact) mass is 436 g/mol. The quantitative estimate of drug-likeness (QED) is 0.566. The minimum atomic E-state index is -3.79. The highest BCUT2D eigenvalue weighted by atomic mass is 32.2. The van der Waals surface area contributed by atoms with Crippen molar-refractivity contribution in [1.82, 2.24) is 5.32 Å². The van der Waals surface area contributed by atoms with Gasteiger partial charge in [-0.05, 0) is 55.7 Å². The van der Waals surface area contributed by atoms with Crippen molar-refractivity contribution < 1.29 is 13.2 Å². The molecular weight excluding hydrogens is 408 g/mol. The van der Waals surface area contributed by atoms with Crippen LogP contribution in [0, 0.1) is 13.8 Å². The molecule has 6 heteroatoms. The number of amides is 1. The molecule has 0 heterocycles. The molecule has 0 spiro atoms. The van der Waals surface area contributed by atoms with Gasteiger partial charge in [0.15, 0.2) is 0 Å². The molecule has 0 aromatic heterocycles. The van der Waals surface area contributed by atoms with E-state index in [0.29, 0.717) is 11.3 Å². The number of carbonyl (C=O) groups is 1. The van der Waals surface area contributed by atoms with E-state index in [0.717, 1.165) is 21.9 Å². The number of para-hydroxylation sites is 1. The molecule has 0 aliphatic rings. The molecule has 1 atom stereocenters. The molecule has 1 amide bonds. The van der Waals surface area contributed by atoms with Crippen LogP contribution < -0.4 is 9.62 Å². The topological polar surface area (TPSA) is 66.5 Å². The Morgan fingerprint density at radius 1 is 0.968 bits per heavy atom. The highest BCUT2D eigenvalue weighted by Crippen LogP contribution is 2.27. The van der Waals surface area contributed by atoms with Gasteiger partial charge in [0.25, 0.3) is 15.9 Å². The number of nitrogens with zero attached hydrogens (tertiary/aromatic N) is 1. The van der Waals surface area contributed by atoms with Crippen molar-refractivity contribution in [3.05, 3.63) is 95.1 Å². The molecule has 0 saturated heterocycles. The fraction of sp³-hybridized carbons (Fsp3) is 0.240. The summed E-state index contributed by atoms with van der Waals surface area (Å²) in [5.74, 6) is -0.308. The number of aryl methyl sites for hydroxylation is 2. The third-order valence-electron chi connectivity index (χ3n) is 5.40. The Kier molecular flexibility index (Phi) is 6.81. The molecule has 162 valence electrons. The fourth-order valence-electron chi connectivity index (χ4n) is 3.67. The van der Waals surface area contributed by atoms with Gasteiger partial charge in [-0.2, -0.15) is 0 Å². The first kappa shape index (κ1) is 22.6. The zero-order chi connectivity index (χ0) is 22.6. The zero-order valence-corrected chi connectivity index (χ0v) is 19.1. The highest BCUT2D eigenvalue weighted by molar-refractivity contribution is 7.92. The number of carbonyl (C=O) groups excluding carboxylic acids is 1. The van der Waals surface area contributed by atoms with Crippen molar-refractivity contribution in [2.75, 3.05) is 11.4 Å². The van der Waals surface area contributed by atoms with Crippen LogP contribution in [0.25, 0.3) is 0 Å². The van der Waals surface area contributed by atoms with Crippen LogP contribution in [0.4, 0.5) is 5.69 Å². The molecule has 0 aliphatic heterocycles. The Labute approximate surface area is 184 Å². The van der Waals surface area contributed by atoms with Crippen LogP contribution in [0.2, 0.25) is 0 Å². The standard InChI is InChI=1S/C25H28N2O3S/c1-5-23(21-16-15-18(2)17-19(21)3)26-25(28)22-13-9-10-14-24(22)27(4)31(29,30)20-11-7-6-8-12-20/h6-17,23H,5H2,1-4H3,(H,26,28)/t23-/m1/s1. The van der Waals surface area contributed by atoms with Crippen molar-refractivity contribution >= 4 is 21.6 Å². The first-order chi connectivity index (χ1) is 14.8. The van der Waals surface area contributed by atoms with Gasteiger partial charge < -0.3 is 5.32 Å². The average molecular weight is 437 g/mol. The van der Waals surface area contributed by atoms with Gasteiger partial charge in [0, 0.05) is 7.05 Å². The van der Waals surface area contributed by atoms with Crippen molar-refractivity contribution in [2.45, 2.75) is 38.1 Å². The van der Waals surface area contributed by atoms with E-state index in [1.54, 1.807) is 54.6 Å². The molecule has 0 bridgehead atoms. The molecule has 3 aromatic rings. The van der Waals surface area contributed by atoms with E-state index in [1.165, 1.54) is 12.6 Å². The van der Waals surface area contributed by atoms with Gasteiger partial charge in [-0.15, -0.1) is 0 Å². The van der Waals surface area contributed by atoms with Crippen molar-refractivity contribution in [3.63, 3.8) is 0 Å². The SMILES string of the molecule is CC[C@@H](NC(=O)c1ccccc1N(C)S(=O)(=O)c1ccccc1)c1ccc(C)cc1C. The lowest BCUT2D eigenvalue weighted by atomic mass is 9.97. The molecular formula is C25H28N2O3S. The van der Waals surface area contributed by atoms with Gasteiger partial charge in [-0.1, -0.05) is 61.0 Å². The van der Waals surface area contributed by atoms with Gasteiger partial charge in [0.1, 0.15) is 0 Å². The van der Waals surface area contributed by atoms with E-state index in [2.05, 4.69) is 11.4 Å². The summed E-state index contributed by atoms with van der Waals surface area (Å²) in [6.45, 7) is 6.09. The van der Waals surface area contributed by atoms with Gasteiger partial charge in [0.05, 0.1) is 22.2 Å². The summed E-state index contributed by atoms with van der Waals surface area (Å²) in [5, 5.41) is 3.09. The third-order valence-corrected chi connectivity index (χ3v) is 7.19. The minimum absolute atomic E-state index is 0.169. The normalized spacial score (nSPS) is 12.3. The van der Waals surface area contributed by atoms with E-state index in [4.69, 9.17) is 0 Å². The molecule has 5 nitrogen and oxygen atoms in total. The summed E-state index contributed by atoms with van der Waals surface area (Å²) >= 11 is 0. The lowest BCUT2D eigenvalue weighted by Crippen LogP contribution is -2.32. The second-order valence-electron chi connectivity index (χ2n) is 7.60. The predicted octanol–water partition coefficient (Wildman–Crippen LogP) is 5.01. The molecule has 0 saturated carbocycles. The van der Waals surface area contributed by atoms with Crippen LogP contribution >= 0.6 is 0 Å². The fourth-order valence-corrected chi connectivity index (χ4v) is 4.91. The van der Waals surface area contributed by atoms with Crippen LogP contribution in [0.15, 0.2) is 77.7 Å². The number of rotatable bonds is 7. The predicted molar refractivity (Wildman–Crippen MR) is 125 cm³/mol. The molecule has 3 rings (SSSR count). The molecule has 1 N–H and O–H groups in total. The first-order valence-corrected chi connectivity index (χ1v) is 11.7. The molecule has 31 heavy (non-hydrogen) atoms. The third kappa shape index (κ3) is 4.80. The summed E-state index contributed by atoms with van der Waals surface area (Å²) in [6.07, 6.45) is 0.718. The smallest absolute Gasteiger partial charge is 0.264 e. The summed E-state index contributed by atoms with van der Waals surface area (Å²) < 4.78 is 27.3. The van der Waals surface area contributed by atoms with Crippen molar-refractivity contribution in [3.8, 4) is 0 Å². The lowest BCUT2D eigenvalue weighted by Gasteiger charge is -2.24. The van der Waals surface area contributed by atoms with Crippen molar-refractivity contribution in [2.24, 2.45) is 0 Å². The van der Waals surface area contributed by atoms with E-state index in [1.807, 2.05) is 32.9 Å². The van der Waals surface area contributed by atoms with E-state index in [-0.39, 0.29) is 16.8 Å². The van der Waals surface area contributed by atoms with E-state index >= 15 is 0 Å². The molecule has 0 unspecified atom stereocenters. The summed E-state index contributed by atoms with van der Waals surface area (Å²) in [5.41, 5.74) is 3.99. The van der Waals surface area contributed by atoms with Gasteiger partial charge in [-0.25, -0.2) is 8.42 Å². The Hall–Kier alpha value is -3.12. The van der Waals surface area contributed by atoms with Gasteiger partial charge in [0.2, 0.25) is 0 Å². The van der Waals surface area contributed by atoms with Crippen LogP contribution in [0.5, 0.6) is 0 Å². The van der Waals surface area contributed by atoms with Crippen LogP contribution in [-0.2, 0) is 10.0 Å². The molecule has 3 aromatic carbocycles. The summed E-state index contributed by atoms with van der Waals surface area (Å²) in [7, 11) is -2.32. The Balaban J connectivity index is 1.93. The number of anilines is 1. The van der Waals surface area contributed by atoms with Crippen LogP contribution in [0.1, 0.15) is 46.4 Å². The molecule has 0 aliphatic carbocycles. The number of hydrogen-bond donors (Lipinski definition) is 1. The van der Waals surface area contributed by atoms with Gasteiger partial charge >= 0.3 is 0 Å². The molecule has 0 fully saturated rings. The van der Waals surface area contributed by atoms with E-state index < -0.39 is 10.0 Å². The van der Waals surface area contributed by atoms with Crippen LogP contribution in [0.3, 0.4) is 0 Å². The molecule has 0 radical (unpaired) electrons. The van der Waals surface area contributed by atoms with Gasteiger partial charge in [-0.3, -0.25) is 9.10 Å². The van der Waals surface area contributed by atoms with E-state index in [9.17, 15) is 13.2 Å². The number of hydrogen-bond acceptors (Lipinski definition) is 3. The average Bonchev–Trinajstić information content (AvgIpc) is 2.77. The van der Waals surface area contributed by atoms with Crippen molar-refractivity contribution in [1.29, 1.82) is 0 Å². The maximum atomic E-state index is 13.2. The second kappa shape index (κ2) is 9.35.